The third-order valence-corrected chi connectivity index (χ3v) is 2.70. The summed E-state index contributed by atoms with van der Waals surface area (Å²) in [6, 6.07) is 8.12. The summed E-state index contributed by atoms with van der Waals surface area (Å²) in [5, 5.41) is 10.5. The standard InChI is InChI=1S/C14H20N6/c1-3-16-14(17-4-2)18-9-12-6-5-7-13(8-12)20-11-15-10-19-20/h5-8,10-11H,3-4,9H2,1-2H3,(H2,16,17,18). The molecule has 0 aliphatic heterocycles. The molecule has 0 aliphatic rings. The molecule has 0 bridgehead atoms. The highest BCUT2D eigenvalue weighted by Crippen LogP contribution is 2.09. The maximum Gasteiger partial charge on any atom is 0.191 e. The molecule has 0 radical (unpaired) electrons. The van der Waals surface area contributed by atoms with Crippen molar-refractivity contribution in [3.8, 4) is 5.69 Å². The first-order valence-corrected chi connectivity index (χ1v) is 6.79. The largest absolute Gasteiger partial charge is 0.357 e. The van der Waals surface area contributed by atoms with Crippen LogP contribution in [0.25, 0.3) is 5.69 Å². The lowest BCUT2D eigenvalue weighted by Crippen LogP contribution is -2.36. The van der Waals surface area contributed by atoms with Crippen LogP contribution in [0, 0.1) is 0 Å². The molecular weight excluding hydrogens is 252 g/mol. The molecule has 0 unspecified atom stereocenters. The fraction of sp³-hybridized carbons (Fsp3) is 0.357. The molecule has 2 N–H and O–H groups in total. The van der Waals surface area contributed by atoms with Crippen molar-refractivity contribution in [1.82, 2.24) is 25.4 Å². The summed E-state index contributed by atoms with van der Waals surface area (Å²) in [6.07, 6.45) is 3.21. The van der Waals surface area contributed by atoms with Crippen molar-refractivity contribution in [3.05, 3.63) is 42.5 Å². The summed E-state index contributed by atoms with van der Waals surface area (Å²) < 4.78 is 1.74. The molecule has 2 rings (SSSR count). The van der Waals surface area contributed by atoms with E-state index in [4.69, 9.17) is 0 Å². The molecule has 0 spiro atoms. The van der Waals surface area contributed by atoms with Crippen molar-refractivity contribution >= 4 is 5.96 Å². The van der Waals surface area contributed by atoms with E-state index < -0.39 is 0 Å². The van der Waals surface area contributed by atoms with Crippen molar-refractivity contribution < 1.29 is 0 Å². The topological polar surface area (TPSA) is 67.1 Å². The third-order valence-electron chi connectivity index (χ3n) is 2.70. The molecule has 106 valence electrons. The molecule has 0 aliphatic carbocycles. The number of benzene rings is 1. The minimum Gasteiger partial charge on any atom is -0.357 e. The van der Waals surface area contributed by atoms with Gasteiger partial charge >= 0.3 is 0 Å². The van der Waals surface area contributed by atoms with Crippen LogP contribution in [-0.4, -0.2) is 33.8 Å². The van der Waals surface area contributed by atoms with Crippen LogP contribution in [0.2, 0.25) is 0 Å². The zero-order chi connectivity index (χ0) is 14.2. The number of aromatic nitrogens is 3. The molecule has 0 saturated heterocycles. The smallest absolute Gasteiger partial charge is 0.191 e. The van der Waals surface area contributed by atoms with Crippen LogP contribution in [0.1, 0.15) is 19.4 Å². The molecular formula is C14H20N6. The Labute approximate surface area is 119 Å². The second-order valence-corrected chi connectivity index (χ2v) is 4.24. The molecule has 1 heterocycles. The highest BCUT2D eigenvalue weighted by atomic mass is 15.3. The van der Waals surface area contributed by atoms with Gasteiger partial charge in [-0.3, -0.25) is 0 Å². The van der Waals surface area contributed by atoms with Gasteiger partial charge in [0.05, 0.1) is 12.2 Å². The van der Waals surface area contributed by atoms with Gasteiger partial charge in [-0.2, -0.15) is 5.10 Å². The summed E-state index contributed by atoms with van der Waals surface area (Å²) in [7, 11) is 0. The fourth-order valence-electron chi connectivity index (χ4n) is 1.82. The zero-order valence-corrected chi connectivity index (χ0v) is 11.9. The lowest BCUT2D eigenvalue weighted by atomic mass is 10.2. The van der Waals surface area contributed by atoms with Crippen LogP contribution in [0.3, 0.4) is 0 Å². The molecule has 0 fully saturated rings. The van der Waals surface area contributed by atoms with Crippen LogP contribution >= 0.6 is 0 Å². The monoisotopic (exact) mass is 272 g/mol. The highest BCUT2D eigenvalue weighted by molar-refractivity contribution is 5.79. The Morgan fingerprint density at radius 1 is 1.25 bits per heavy atom. The van der Waals surface area contributed by atoms with Crippen molar-refractivity contribution in [2.75, 3.05) is 13.1 Å². The number of rotatable bonds is 5. The Balaban J connectivity index is 2.09. The molecule has 6 nitrogen and oxygen atoms in total. The number of nitrogens with one attached hydrogen (secondary N) is 2. The Morgan fingerprint density at radius 3 is 2.70 bits per heavy atom. The lowest BCUT2D eigenvalue weighted by molar-refractivity contribution is 0.837. The third kappa shape index (κ3) is 3.81. The van der Waals surface area contributed by atoms with Gasteiger partial charge in [0, 0.05) is 13.1 Å². The lowest BCUT2D eigenvalue weighted by Gasteiger charge is -2.09. The average molecular weight is 272 g/mol. The fourth-order valence-corrected chi connectivity index (χ4v) is 1.82. The average Bonchev–Trinajstić information content (AvgIpc) is 3.00. The van der Waals surface area contributed by atoms with Gasteiger partial charge in [-0.15, -0.1) is 0 Å². The first-order valence-electron chi connectivity index (χ1n) is 6.79. The van der Waals surface area contributed by atoms with Gasteiger partial charge in [0.1, 0.15) is 12.7 Å². The van der Waals surface area contributed by atoms with E-state index in [0.29, 0.717) is 6.54 Å². The van der Waals surface area contributed by atoms with E-state index in [-0.39, 0.29) is 0 Å². The van der Waals surface area contributed by atoms with Crippen molar-refractivity contribution in [2.24, 2.45) is 4.99 Å². The highest BCUT2D eigenvalue weighted by Gasteiger charge is 2.00. The van der Waals surface area contributed by atoms with Crippen molar-refractivity contribution in [3.63, 3.8) is 0 Å². The summed E-state index contributed by atoms with van der Waals surface area (Å²) in [4.78, 5) is 8.50. The normalized spacial score (nSPS) is 10.1. The van der Waals surface area contributed by atoms with E-state index >= 15 is 0 Å². The molecule has 6 heteroatoms. The van der Waals surface area contributed by atoms with E-state index in [1.807, 2.05) is 12.1 Å². The minimum atomic E-state index is 0.623. The summed E-state index contributed by atoms with van der Waals surface area (Å²) in [5.74, 6) is 0.834. The molecule has 1 aromatic carbocycles. The van der Waals surface area contributed by atoms with Gasteiger partial charge in [0.2, 0.25) is 0 Å². The minimum absolute atomic E-state index is 0.623. The maximum atomic E-state index is 4.55. The summed E-state index contributed by atoms with van der Waals surface area (Å²) in [6.45, 7) is 6.43. The maximum absolute atomic E-state index is 4.55. The Kier molecular flexibility index (Phi) is 5.11. The van der Waals surface area contributed by atoms with Crippen molar-refractivity contribution in [2.45, 2.75) is 20.4 Å². The van der Waals surface area contributed by atoms with Crippen molar-refractivity contribution in [1.29, 1.82) is 0 Å². The number of nitrogens with zero attached hydrogens (tertiary/aromatic N) is 4. The first-order chi connectivity index (χ1) is 9.83. The van der Waals surface area contributed by atoms with E-state index in [2.05, 4.69) is 51.7 Å². The van der Waals surface area contributed by atoms with Crippen LogP contribution in [-0.2, 0) is 6.54 Å². The van der Waals surface area contributed by atoms with E-state index in [0.717, 1.165) is 30.3 Å². The van der Waals surface area contributed by atoms with Gasteiger partial charge in [-0.1, -0.05) is 12.1 Å². The summed E-state index contributed by atoms with van der Waals surface area (Å²) >= 11 is 0. The second kappa shape index (κ2) is 7.28. The molecule has 1 aromatic heterocycles. The van der Waals surface area contributed by atoms with Gasteiger partial charge < -0.3 is 10.6 Å². The van der Waals surface area contributed by atoms with Gasteiger partial charge in [-0.25, -0.2) is 14.7 Å². The van der Waals surface area contributed by atoms with Crippen LogP contribution in [0.4, 0.5) is 0 Å². The second-order valence-electron chi connectivity index (χ2n) is 4.24. The molecule has 2 aromatic rings. The predicted octanol–water partition coefficient (Wildman–Crippen LogP) is 1.34. The quantitative estimate of drug-likeness (QED) is 0.637. The van der Waals surface area contributed by atoms with Crippen LogP contribution in [0.5, 0.6) is 0 Å². The zero-order valence-electron chi connectivity index (χ0n) is 11.9. The molecule has 0 atom stereocenters. The first kappa shape index (κ1) is 14.0. The van der Waals surface area contributed by atoms with Crippen LogP contribution in [0.15, 0.2) is 41.9 Å². The van der Waals surface area contributed by atoms with E-state index in [1.165, 1.54) is 6.33 Å². The Bertz CT molecular complexity index is 539. The van der Waals surface area contributed by atoms with E-state index in [9.17, 15) is 0 Å². The van der Waals surface area contributed by atoms with Gasteiger partial charge in [-0.05, 0) is 31.5 Å². The number of aliphatic imine (C=N–C) groups is 1. The number of hydrogen-bond donors (Lipinski definition) is 2. The predicted molar refractivity (Wildman–Crippen MR) is 79.9 cm³/mol. The van der Waals surface area contributed by atoms with Crippen LogP contribution < -0.4 is 10.6 Å². The Hall–Kier alpha value is -2.37. The molecule has 20 heavy (non-hydrogen) atoms. The summed E-state index contributed by atoms with van der Waals surface area (Å²) in [5.41, 5.74) is 2.12. The van der Waals surface area contributed by atoms with E-state index in [1.54, 1.807) is 11.0 Å². The SMILES string of the molecule is CCNC(=NCc1cccc(-n2cncn2)c1)NCC. The molecule has 0 saturated carbocycles. The van der Waals surface area contributed by atoms with Gasteiger partial charge in [0.15, 0.2) is 5.96 Å². The number of guanidine groups is 1. The Morgan fingerprint density at radius 2 is 2.05 bits per heavy atom. The number of hydrogen-bond acceptors (Lipinski definition) is 3. The van der Waals surface area contributed by atoms with Gasteiger partial charge in [0.25, 0.3) is 0 Å². The molecule has 0 amide bonds.